The van der Waals surface area contributed by atoms with Crippen LogP contribution in [0.2, 0.25) is 5.02 Å². The molecule has 1 aromatic carbocycles. The first-order chi connectivity index (χ1) is 9.18. The van der Waals surface area contributed by atoms with E-state index in [9.17, 15) is 4.79 Å². The fraction of sp³-hybridized carbons (Fsp3) is 0.533. The number of hydrogen-bond acceptors (Lipinski definition) is 2. The molecule has 3 nitrogen and oxygen atoms in total. The van der Waals surface area contributed by atoms with E-state index < -0.39 is 0 Å². The maximum absolute atomic E-state index is 11.8. The minimum atomic E-state index is -0.00568. The van der Waals surface area contributed by atoms with Gasteiger partial charge in [-0.15, -0.1) is 0 Å². The van der Waals surface area contributed by atoms with Crippen molar-refractivity contribution < 1.29 is 4.79 Å². The van der Waals surface area contributed by atoms with E-state index in [1.165, 1.54) is 25.7 Å². The Kier molecular flexibility index (Phi) is 3.50. The van der Waals surface area contributed by atoms with Gasteiger partial charge in [-0.05, 0) is 55.2 Å². The first kappa shape index (κ1) is 12.9. The van der Waals surface area contributed by atoms with Gasteiger partial charge in [0.05, 0.1) is 6.54 Å². The van der Waals surface area contributed by atoms with E-state index in [2.05, 4.69) is 10.6 Å². The molecule has 0 bridgehead atoms. The van der Waals surface area contributed by atoms with Crippen LogP contribution in [0.3, 0.4) is 0 Å². The quantitative estimate of drug-likeness (QED) is 0.840. The van der Waals surface area contributed by atoms with Crippen molar-refractivity contribution in [2.75, 3.05) is 18.4 Å². The third kappa shape index (κ3) is 3.28. The van der Waals surface area contributed by atoms with Crippen LogP contribution in [0.25, 0.3) is 0 Å². The first-order valence-corrected chi connectivity index (χ1v) is 7.32. The van der Waals surface area contributed by atoms with E-state index in [1.54, 1.807) is 12.1 Å². The molecule has 0 aliphatic heterocycles. The van der Waals surface area contributed by atoms with E-state index in [1.807, 2.05) is 12.1 Å². The van der Waals surface area contributed by atoms with Crippen molar-refractivity contribution in [3.63, 3.8) is 0 Å². The van der Waals surface area contributed by atoms with Gasteiger partial charge in [-0.1, -0.05) is 17.7 Å². The fourth-order valence-electron chi connectivity index (χ4n) is 2.78. The highest BCUT2D eigenvalue weighted by molar-refractivity contribution is 6.30. The van der Waals surface area contributed by atoms with Gasteiger partial charge in [-0.25, -0.2) is 0 Å². The van der Waals surface area contributed by atoms with Gasteiger partial charge in [0.15, 0.2) is 0 Å². The number of hydrogen-bond donors (Lipinski definition) is 2. The molecule has 4 heteroatoms. The van der Waals surface area contributed by atoms with E-state index in [-0.39, 0.29) is 5.91 Å². The van der Waals surface area contributed by atoms with E-state index >= 15 is 0 Å². The number of carbonyl (C=O) groups is 1. The van der Waals surface area contributed by atoms with Gasteiger partial charge in [0.25, 0.3) is 0 Å². The van der Waals surface area contributed by atoms with Gasteiger partial charge in [-0.2, -0.15) is 0 Å². The molecular formula is C15H19ClN2O. The first-order valence-electron chi connectivity index (χ1n) is 6.94. The summed E-state index contributed by atoms with van der Waals surface area (Å²) in [6.45, 7) is 1.36. The van der Waals surface area contributed by atoms with Crippen molar-refractivity contribution in [3.8, 4) is 0 Å². The number of amides is 1. The van der Waals surface area contributed by atoms with Gasteiger partial charge in [0.2, 0.25) is 5.91 Å². The lowest BCUT2D eigenvalue weighted by molar-refractivity contribution is -0.115. The van der Waals surface area contributed by atoms with Crippen LogP contribution in [-0.2, 0) is 4.79 Å². The Morgan fingerprint density at radius 2 is 2.16 bits per heavy atom. The predicted octanol–water partition coefficient (Wildman–Crippen LogP) is 3.06. The average Bonchev–Trinajstić information content (AvgIpc) is 3.23. The van der Waals surface area contributed by atoms with Crippen LogP contribution < -0.4 is 10.6 Å². The predicted molar refractivity (Wildman–Crippen MR) is 77.3 cm³/mol. The maximum Gasteiger partial charge on any atom is 0.238 e. The summed E-state index contributed by atoms with van der Waals surface area (Å²) in [5.41, 5.74) is 1.29. The molecule has 0 unspecified atom stereocenters. The summed E-state index contributed by atoms with van der Waals surface area (Å²) in [7, 11) is 0. The molecule has 2 aliphatic carbocycles. The molecule has 3 rings (SSSR count). The van der Waals surface area contributed by atoms with Crippen molar-refractivity contribution in [1.29, 1.82) is 0 Å². The Hall–Kier alpha value is -1.06. The lowest BCUT2D eigenvalue weighted by atomic mass is 10.0. The number of anilines is 1. The van der Waals surface area contributed by atoms with Crippen LogP contribution in [-0.4, -0.2) is 19.0 Å². The van der Waals surface area contributed by atoms with Crippen molar-refractivity contribution in [1.82, 2.24) is 5.32 Å². The van der Waals surface area contributed by atoms with Crippen LogP contribution in [0.5, 0.6) is 0 Å². The van der Waals surface area contributed by atoms with Crippen molar-refractivity contribution >= 4 is 23.2 Å². The summed E-state index contributed by atoms with van der Waals surface area (Å²) in [5.74, 6) is 0.921. The zero-order valence-corrected chi connectivity index (χ0v) is 11.7. The van der Waals surface area contributed by atoms with Gasteiger partial charge in [0, 0.05) is 17.3 Å². The second kappa shape index (κ2) is 5.14. The molecule has 0 saturated heterocycles. The van der Waals surface area contributed by atoms with Crippen molar-refractivity contribution in [3.05, 3.63) is 29.3 Å². The summed E-state index contributed by atoms with van der Waals surface area (Å²) in [6.07, 6.45) is 5.44. The smallest absolute Gasteiger partial charge is 0.238 e. The van der Waals surface area contributed by atoms with E-state index in [0.29, 0.717) is 17.0 Å². The van der Waals surface area contributed by atoms with Crippen LogP contribution in [0.4, 0.5) is 5.69 Å². The molecule has 0 aromatic heterocycles. The summed E-state index contributed by atoms with van der Waals surface area (Å²) in [5, 5.41) is 6.78. The summed E-state index contributed by atoms with van der Waals surface area (Å²) in [4.78, 5) is 11.8. The standard InChI is InChI=1S/C15H19ClN2O/c16-12-2-1-3-13(8-12)18-14(19)9-17-10-15(6-7-15)11-4-5-11/h1-3,8,11,17H,4-7,9-10H2,(H,18,19). The summed E-state index contributed by atoms with van der Waals surface area (Å²) >= 11 is 5.88. The molecule has 0 radical (unpaired) electrons. The van der Waals surface area contributed by atoms with Gasteiger partial charge < -0.3 is 10.6 Å². The summed E-state index contributed by atoms with van der Waals surface area (Å²) in [6, 6.07) is 7.22. The molecule has 0 atom stereocenters. The van der Waals surface area contributed by atoms with Gasteiger partial charge >= 0.3 is 0 Å². The van der Waals surface area contributed by atoms with E-state index in [0.717, 1.165) is 18.2 Å². The van der Waals surface area contributed by atoms with Crippen LogP contribution in [0.1, 0.15) is 25.7 Å². The molecule has 2 N–H and O–H groups in total. The highest BCUT2D eigenvalue weighted by Gasteiger charge is 2.53. The maximum atomic E-state index is 11.8. The topological polar surface area (TPSA) is 41.1 Å². The van der Waals surface area contributed by atoms with Gasteiger partial charge in [-0.3, -0.25) is 4.79 Å². The monoisotopic (exact) mass is 278 g/mol. The van der Waals surface area contributed by atoms with E-state index in [4.69, 9.17) is 11.6 Å². The fourth-order valence-corrected chi connectivity index (χ4v) is 2.97. The summed E-state index contributed by atoms with van der Waals surface area (Å²) < 4.78 is 0. The molecule has 1 aromatic rings. The van der Waals surface area contributed by atoms with Crippen LogP contribution in [0, 0.1) is 11.3 Å². The highest BCUT2D eigenvalue weighted by Crippen LogP contribution is 2.60. The molecule has 2 fully saturated rings. The Balaban J connectivity index is 1.42. The minimum absolute atomic E-state index is 0.00568. The minimum Gasteiger partial charge on any atom is -0.325 e. The molecule has 0 heterocycles. The lowest BCUT2D eigenvalue weighted by Crippen LogP contribution is -2.33. The number of halogens is 1. The number of rotatable bonds is 6. The Bertz CT molecular complexity index is 481. The Morgan fingerprint density at radius 3 is 2.79 bits per heavy atom. The normalized spacial score (nSPS) is 20.1. The number of benzene rings is 1. The SMILES string of the molecule is O=C(CNCC1(C2CC2)CC1)Nc1cccc(Cl)c1. The zero-order valence-electron chi connectivity index (χ0n) is 10.9. The Morgan fingerprint density at radius 1 is 1.37 bits per heavy atom. The highest BCUT2D eigenvalue weighted by atomic mass is 35.5. The average molecular weight is 279 g/mol. The largest absolute Gasteiger partial charge is 0.325 e. The lowest BCUT2D eigenvalue weighted by Gasteiger charge is -2.14. The molecule has 0 spiro atoms. The van der Waals surface area contributed by atoms with Crippen molar-refractivity contribution in [2.24, 2.45) is 11.3 Å². The third-order valence-corrected chi connectivity index (χ3v) is 4.44. The van der Waals surface area contributed by atoms with Crippen molar-refractivity contribution in [2.45, 2.75) is 25.7 Å². The molecule has 102 valence electrons. The Labute approximate surface area is 118 Å². The second-order valence-electron chi connectivity index (χ2n) is 5.80. The van der Waals surface area contributed by atoms with Gasteiger partial charge in [0.1, 0.15) is 0 Å². The number of carbonyl (C=O) groups excluding carboxylic acids is 1. The molecule has 19 heavy (non-hydrogen) atoms. The van der Waals surface area contributed by atoms with Crippen LogP contribution in [0.15, 0.2) is 24.3 Å². The van der Waals surface area contributed by atoms with Crippen LogP contribution >= 0.6 is 11.6 Å². The second-order valence-corrected chi connectivity index (χ2v) is 6.24. The number of nitrogens with one attached hydrogen (secondary N) is 2. The molecule has 2 aliphatic rings. The molecular weight excluding hydrogens is 260 g/mol. The zero-order chi connectivity index (χ0) is 13.3. The third-order valence-electron chi connectivity index (χ3n) is 4.21. The molecule has 2 saturated carbocycles. The molecule has 1 amide bonds.